The van der Waals surface area contributed by atoms with Crippen molar-refractivity contribution in [3.8, 4) is 0 Å². The zero-order valence-corrected chi connectivity index (χ0v) is 17.2. The fourth-order valence-corrected chi connectivity index (χ4v) is 6.75. The van der Waals surface area contributed by atoms with Crippen LogP contribution in [-0.2, 0) is 11.3 Å². The van der Waals surface area contributed by atoms with E-state index in [0.717, 1.165) is 34.0 Å². The van der Waals surface area contributed by atoms with Gasteiger partial charge in [-0.3, -0.25) is 9.48 Å². The summed E-state index contributed by atoms with van der Waals surface area (Å²) in [4.78, 5) is 12.8. The van der Waals surface area contributed by atoms with Crippen molar-refractivity contribution in [3.05, 3.63) is 46.6 Å². The van der Waals surface area contributed by atoms with Crippen LogP contribution in [0, 0.1) is 30.1 Å². The largest absolute Gasteiger partial charge is 0.309 e. The van der Waals surface area contributed by atoms with Crippen LogP contribution in [0.15, 0.2) is 30.3 Å². The molecule has 4 aliphatic carbocycles. The molecule has 1 N–H and O–H groups in total. The van der Waals surface area contributed by atoms with Crippen LogP contribution in [0.2, 0.25) is 5.02 Å². The Labute approximate surface area is 171 Å². The van der Waals surface area contributed by atoms with Gasteiger partial charge >= 0.3 is 0 Å². The number of nitrogens with one attached hydrogen (secondary N) is 1. The minimum absolute atomic E-state index is 0.129. The molecule has 5 heteroatoms. The summed E-state index contributed by atoms with van der Waals surface area (Å²) < 4.78 is 1.90. The van der Waals surface area contributed by atoms with E-state index in [4.69, 9.17) is 11.6 Å². The molecule has 4 bridgehead atoms. The van der Waals surface area contributed by atoms with Crippen molar-refractivity contribution in [1.82, 2.24) is 9.78 Å². The Kier molecular flexibility index (Phi) is 4.50. The van der Waals surface area contributed by atoms with Gasteiger partial charge in [-0.1, -0.05) is 29.8 Å². The molecule has 1 heterocycles. The quantitative estimate of drug-likeness (QED) is 0.730. The average Bonchev–Trinajstić information content (AvgIpc) is 2.94. The Morgan fingerprint density at radius 1 is 1.18 bits per heavy atom. The SMILES string of the molecule is Cc1cc(NC(=O)CC23CC4CC(CC(C4)C2)C3)nn1Cc1ccccc1Cl. The van der Waals surface area contributed by atoms with E-state index in [2.05, 4.69) is 10.4 Å². The molecule has 1 amide bonds. The second kappa shape index (κ2) is 6.91. The highest BCUT2D eigenvalue weighted by Gasteiger charge is 2.51. The predicted octanol–water partition coefficient (Wildman–Crippen LogP) is 5.44. The number of benzene rings is 1. The number of nitrogens with zero attached hydrogens (tertiary/aromatic N) is 2. The van der Waals surface area contributed by atoms with E-state index in [-0.39, 0.29) is 11.3 Å². The maximum absolute atomic E-state index is 12.8. The number of aromatic nitrogens is 2. The molecule has 0 spiro atoms. The Morgan fingerprint density at radius 3 is 2.46 bits per heavy atom. The molecule has 2 aromatic rings. The molecule has 4 fully saturated rings. The van der Waals surface area contributed by atoms with Crippen molar-refractivity contribution in [1.29, 1.82) is 0 Å². The summed E-state index contributed by atoms with van der Waals surface area (Å²) in [6, 6.07) is 9.76. The highest BCUT2D eigenvalue weighted by molar-refractivity contribution is 6.31. The second-order valence-electron chi connectivity index (χ2n) is 9.56. The summed E-state index contributed by atoms with van der Waals surface area (Å²) >= 11 is 6.28. The first-order valence-electron chi connectivity index (χ1n) is 10.6. The molecule has 0 unspecified atom stereocenters. The van der Waals surface area contributed by atoms with Crippen molar-refractivity contribution in [2.24, 2.45) is 23.2 Å². The minimum Gasteiger partial charge on any atom is -0.309 e. The van der Waals surface area contributed by atoms with Gasteiger partial charge in [0, 0.05) is 23.2 Å². The first-order valence-corrected chi connectivity index (χ1v) is 10.9. The van der Waals surface area contributed by atoms with E-state index in [1.54, 1.807) is 0 Å². The minimum atomic E-state index is 0.129. The fourth-order valence-electron chi connectivity index (χ4n) is 6.55. The lowest BCUT2D eigenvalue weighted by molar-refractivity contribution is -0.124. The molecule has 0 atom stereocenters. The number of anilines is 1. The van der Waals surface area contributed by atoms with Gasteiger partial charge < -0.3 is 5.32 Å². The smallest absolute Gasteiger partial charge is 0.226 e. The molecule has 148 valence electrons. The third-order valence-electron chi connectivity index (χ3n) is 7.23. The summed E-state index contributed by atoms with van der Waals surface area (Å²) in [6.45, 7) is 2.62. The van der Waals surface area contributed by atoms with Gasteiger partial charge in [0.15, 0.2) is 5.82 Å². The zero-order chi connectivity index (χ0) is 19.3. The maximum Gasteiger partial charge on any atom is 0.226 e. The predicted molar refractivity (Wildman–Crippen MR) is 111 cm³/mol. The first kappa shape index (κ1) is 18.2. The summed E-state index contributed by atoms with van der Waals surface area (Å²) in [5.41, 5.74) is 2.31. The van der Waals surface area contributed by atoms with Crippen LogP contribution in [0.4, 0.5) is 5.82 Å². The van der Waals surface area contributed by atoms with Crippen LogP contribution in [-0.4, -0.2) is 15.7 Å². The van der Waals surface area contributed by atoms with E-state index in [0.29, 0.717) is 18.8 Å². The van der Waals surface area contributed by atoms with Crippen molar-refractivity contribution >= 4 is 23.3 Å². The molecule has 28 heavy (non-hydrogen) atoms. The number of hydrogen-bond donors (Lipinski definition) is 1. The molecule has 4 aliphatic rings. The molecule has 4 saturated carbocycles. The average molecular weight is 398 g/mol. The van der Waals surface area contributed by atoms with Crippen LogP contribution in [0.5, 0.6) is 0 Å². The molecule has 6 rings (SSSR count). The van der Waals surface area contributed by atoms with Crippen LogP contribution < -0.4 is 5.32 Å². The molecule has 0 aliphatic heterocycles. The number of amides is 1. The summed E-state index contributed by atoms with van der Waals surface area (Å²) in [6.07, 6.45) is 8.66. The monoisotopic (exact) mass is 397 g/mol. The lowest BCUT2D eigenvalue weighted by Crippen LogP contribution is -2.47. The van der Waals surface area contributed by atoms with Crippen LogP contribution in [0.3, 0.4) is 0 Å². The third kappa shape index (κ3) is 3.47. The van der Waals surface area contributed by atoms with Crippen molar-refractivity contribution in [2.45, 2.75) is 58.4 Å². The molecule has 1 aromatic carbocycles. The van der Waals surface area contributed by atoms with Gasteiger partial charge in [-0.15, -0.1) is 0 Å². The summed E-state index contributed by atoms with van der Waals surface area (Å²) in [7, 11) is 0. The second-order valence-corrected chi connectivity index (χ2v) is 9.97. The summed E-state index contributed by atoms with van der Waals surface area (Å²) in [5, 5.41) is 8.42. The van der Waals surface area contributed by atoms with E-state index in [1.807, 2.05) is 41.9 Å². The number of hydrogen-bond acceptors (Lipinski definition) is 2. The Hall–Kier alpha value is -1.81. The molecular formula is C23H28ClN3O. The molecule has 1 aromatic heterocycles. The normalized spacial score (nSPS) is 30.6. The molecular weight excluding hydrogens is 370 g/mol. The van der Waals surface area contributed by atoms with E-state index in [1.165, 1.54) is 38.5 Å². The lowest BCUT2D eigenvalue weighted by atomic mass is 9.49. The van der Waals surface area contributed by atoms with Gasteiger partial charge in [-0.05, 0) is 80.2 Å². The lowest BCUT2D eigenvalue weighted by Gasteiger charge is -2.56. The van der Waals surface area contributed by atoms with Crippen molar-refractivity contribution in [2.75, 3.05) is 5.32 Å². The van der Waals surface area contributed by atoms with Gasteiger partial charge in [0.2, 0.25) is 5.91 Å². The Morgan fingerprint density at radius 2 is 1.82 bits per heavy atom. The van der Waals surface area contributed by atoms with Gasteiger partial charge in [0.25, 0.3) is 0 Å². The van der Waals surface area contributed by atoms with Gasteiger partial charge in [0.05, 0.1) is 6.54 Å². The van der Waals surface area contributed by atoms with Crippen LogP contribution in [0.25, 0.3) is 0 Å². The topological polar surface area (TPSA) is 46.9 Å². The maximum atomic E-state index is 12.8. The third-order valence-corrected chi connectivity index (χ3v) is 7.60. The van der Waals surface area contributed by atoms with E-state index >= 15 is 0 Å². The van der Waals surface area contributed by atoms with Gasteiger partial charge in [-0.25, -0.2) is 0 Å². The number of carbonyl (C=O) groups excluding carboxylic acids is 1. The molecule has 0 radical (unpaired) electrons. The van der Waals surface area contributed by atoms with E-state index in [9.17, 15) is 4.79 Å². The standard InChI is InChI=1S/C23H28ClN3O/c1-15-6-21(26-27(15)14-19-4-2-3-5-20(19)24)25-22(28)13-23-10-16-7-17(11-23)9-18(8-16)12-23/h2-6,16-18H,7-14H2,1H3,(H,25,26,28). The first-order chi connectivity index (χ1) is 13.5. The highest BCUT2D eigenvalue weighted by atomic mass is 35.5. The van der Waals surface area contributed by atoms with E-state index < -0.39 is 0 Å². The Balaban J connectivity index is 1.25. The fraction of sp³-hybridized carbons (Fsp3) is 0.565. The number of halogens is 1. The summed E-state index contributed by atoms with van der Waals surface area (Å²) in [5.74, 6) is 3.40. The number of carbonyl (C=O) groups is 1. The number of aryl methyl sites for hydroxylation is 1. The number of rotatable bonds is 5. The Bertz CT molecular complexity index is 868. The zero-order valence-electron chi connectivity index (χ0n) is 16.5. The molecule has 0 saturated heterocycles. The highest BCUT2D eigenvalue weighted by Crippen LogP contribution is 2.61. The van der Waals surface area contributed by atoms with Gasteiger partial charge in [-0.2, -0.15) is 5.10 Å². The van der Waals surface area contributed by atoms with Crippen molar-refractivity contribution in [3.63, 3.8) is 0 Å². The molecule has 4 nitrogen and oxygen atoms in total. The van der Waals surface area contributed by atoms with Crippen LogP contribution >= 0.6 is 11.6 Å². The van der Waals surface area contributed by atoms with Crippen molar-refractivity contribution < 1.29 is 4.79 Å². The van der Waals surface area contributed by atoms with Gasteiger partial charge in [0.1, 0.15) is 0 Å². The van der Waals surface area contributed by atoms with Crippen LogP contribution in [0.1, 0.15) is 56.2 Å².